The Kier molecular flexibility index (Phi) is 6.81. The molecule has 2 aromatic carbocycles. The zero-order valence-corrected chi connectivity index (χ0v) is 19.0. The summed E-state index contributed by atoms with van der Waals surface area (Å²) in [6.45, 7) is 5.21. The van der Waals surface area contributed by atoms with Crippen molar-refractivity contribution in [3.8, 4) is 5.75 Å². The van der Waals surface area contributed by atoms with Crippen molar-refractivity contribution >= 4 is 21.8 Å². The molecule has 0 aromatic heterocycles. The van der Waals surface area contributed by atoms with Gasteiger partial charge in [-0.25, -0.2) is 8.42 Å². The van der Waals surface area contributed by atoms with Crippen LogP contribution in [0.1, 0.15) is 39.9 Å². The lowest BCUT2D eigenvalue weighted by Gasteiger charge is -2.24. The highest BCUT2D eigenvalue weighted by Crippen LogP contribution is 2.31. The van der Waals surface area contributed by atoms with E-state index < -0.39 is 28.6 Å². The van der Waals surface area contributed by atoms with Gasteiger partial charge >= 0.3 is 5.97 Å². The van der Waals surface area contributed by atoms with Gasteiger partial charge < -0.3 is 9.47 Å². The first kappa shape index (κ1) is 23.0. The number of sulfonamides is 1. The van der Waals surface area contributed by atoms with Crippen LogP contribution >= 0.6 is 0 Å². The number of nitrogens with zero attached hydrogens (tertiary/aromatic N) is 1. The van der Waals surface area contributed by atoms with Crippen LogP contribution in [0.3, 0.4) is 0 Å². The summed E-state index contributed by atoms with van der Waals surface area (Å²) in [5.41, 5.74) is 2.65. The van der Waals surface area contributed by atoms with Gasteiger partial charge in [-0.15, -0.1) is 0 Å². The molecule has 0 radical (unpaired) electrons. The third-order valence-electron chi connectivity index (χ3n) is 5.40. The van der Waals surface area contributed by atoms with Gasteiger partial charge in [0.15, 0.2) is 12.4 Å². The molecule has 1 aliphatic rings. The summed E-state index contributed by atoms with van der Waals surface area (Å²) < 4.78 is 38.2. The molecule has 0 aliphatic carbocycles. The monoisotopic (exact) mass is 445 g/mol. The molecule has 1 heterocycles. The van der Waals surface area contributed by atoms with E-state index in [4.69, 9.17) is 9.47 Å². The number of benzene rings is 2. The van der Waals surface area contributed by atoms with Gasteiger partial charge in [0.25, 0.3) is 0 Å². The zero-order valence-electron chi connectivity index (χ0n) is 18.2. The summed E-state index contributed by atoms with van der Waals surface area (Å²) in [5, 5.41) is 0. The normalized spacial score (nSPS) is 16.8. The molecule has 2 aromatic rings. The zero-order chi connectivity index (χ0) is 22.8. The minimum Gasteiger partial charge on any atom is -0.497 e. The Morgan fingerprint density at radius 3 is 2.26 bits per heavy atom. The number of carbonyl (C=O) groups excluding carboxylic acids is 2. The Balaban J connectivity index is 1.73. The summed E-state index contributed by atoms with van der Waals surface area (Å²) in [6, 6.07) is 9.16. The molecule has 7 nitrogen and oxygen atoms in total. The summed E-state index contributed by atoms with van der Waals surface area (Å²) in [7, 11) is -2.35. The van der Waals surface area contributed by atoms with E-state index in [1.54, 1.807) is 38.1 Å². The van der Waals surface area contributed by atoms with Crippen LogP contribution in [-0.2, 0) is 19.6 Å². The average Bonchev–Trinajstić information content (AvgIpc) is 3.22. The minimum absolute atomic E-state index is 0.229. The Morgan fingerprint density at radius 1 is 1.06 bits per heavy atom. The second kappa shape index (κ2) is 9.20. The van der Waals surface area contributed by atoms with Gasteiger partial charge in [0.05, 0.1) is 12.0 Å². The van der Waals surface area contributed by atoms with E-state index in [0.717, 1.165) is 5.56 Å². The van der Waals surface area contributed by atoms with Gasteiger partial charge in [-0.2, -0.15) is 4.31 Å². The number of aryl methyl sites for hydroxylation is 3. The summed E-state index contributed by atoms with van der Waals surface area (Å²) in [6.07, 6.45) is 0.911. The molecule has 1 saturated heterocycles. The number of Topliss-reactive ketones (excluding diaryl/α,β-unsaturated/α-hetero) is 1. The van der Waals surface area contributed by atoms with Gasteiger partial charge in [-0.1, -0.05) is 17.7 Å². The molecule has 166 valence electrons. The van der Waals surface area contributed by atoms with E-state index in [2.05, 4.69) is 0 Å². The minimum atomic E-state index is -3.88. The number of esters is 1. The van der Waals surface area contributed by atoms with E-state index in [9.17, 15) is 18.0 Å². The van der Waals surface area contributed by atoms with Crippen molar-refractivity contribution in [2.45, 2.75) is 44.6 Å². The van der Waals surface area contributed by atoms with Crippen molar-refractivity contribution in [3.63, 3.8) is 0 Å². The smallest absolute Gasteiger partial charge is 0.324 e. The van der Waals surface area contributed by atoms with Crippen molar-refractivity contribution in [2.75, 3.05) is 20.3 Å². The fourth-order valence-corrected chi connectivity index (χ4v) is 6.11. The predicted molar refractivity (Wildman–Crippen MR) is 116 cm³/mol. The standard InChI is InChI=1S/C23H27NO6S/c1-15-12-16(2)22(17(3)13-15)31(27,28)24-11-5-6-20(24)23(26)30-14-21(25)18-7-9-19(29-4)10-8-18/h7-10,12-13,20H,5-6,11,14H2,1-4H3. The first-order chi connectivity index (χ1) is 14.6. The lowest BCUT2D eigenvalue weighted by atomic mass is 10.1. The SMILES string of the molecule is COc1ccc(C(=O)COC(=O)C2CCCN2S(=O)(=O)c2c(C)cc(C)cc2C)cc1. The van der Waals surface area contributed by atoms with E-state index in [1.165, 1.54) is 11.4 Å². The van der Waals surface area contributed by atoms with Crippen molar-refractivity contribution in [2.24, 2.45) is 0 Å². The van der Waals surface area contributed by atoms with Crippen LogP contribution in [0.4, 0.5) is 0 Å². The molecule has 0 spiro atoms. The molecule has 0 N–H and O–H groups in total. The van der Waals surface area contributed by atoms with Crippen molar-refractivity contribution in [3.05, 3.63) is 58.7 Å². The van der Waals surface area contributed by atoms with Crippen molar-refractivity contribution < 1.29 is 27.5 Å². The van der Waals surface area contributed by atoms with Crippen LogP contribution in [0.15, 0.2) is 41.3 Å². The molecule has 1 atom stereocenters. The lowest BCUT2D eigenvalue weighted by Crippen LogP contribution is -2.42. The fourth-order valence-electron chi connectivity index (χ4n) is 4.05. The maximum Gasteiger partial charge on any atom is 0.324 e. The van der Waals surface area contributed by atoms with Gasteiger partial charge in [-0.05, 0) is 69.0 Å². The maximum absolute atomic E-state index is 13.4. The molecule has 0 amide bonds. The summed E-state index contributed by atoms with van der Waals surface area (Å²) in [5.74, 6) is -0.457. The summed E-state index contributed by atoms with van der Waals surface area (Å²) >= 11 is 0. The maximum atomic E-state index is 13.4. The number of hydrogen-bond acceptors (Lipinski definition) is 6. The molecule has 1 fully saturated rings. The molecule has 0 saturated carbocycles. The summed E-state index contributed by atoms with van der Waals surface area (Å²) in [4.78, 5) is 25.3. The molecule has 8 heteroatoms. The second-order valence-corrected chi connectivity index (χ2v) is 9.59. The second-order valence-electron chi connectivity index (χ2n) is 7.76. The lowest BCUT2D eigenvalue weighted by molar-refractivity contribution is -0.146. The highest BCUT2D eigenvalue weighted by molar-refractivity contribution is 7.89. The van der Waals surface area contributed by atoms with E-state index >= 15 is 0 Å². The third-order valence-corrected chi connectivity index (χ3v) is 7.62. The average molecular weight is 446 g/mol. The Labute approximate surface area is 183 Å². The van der Waals surface area contributed by atoms with Crippen LogP contribution < -0.4 is 4.74 Å². The first-order valence-electron chi connectivity index (χ1n) is 10.1. The molecular formula is C23H27NO6S. The Bertz CT molecular complexity index is 1070. The number of methoxy groups -OCH3 is 1. The van der Waals surface area contributed by atoms with Crippen LogP contribution in [0.25, 0.3) is 0 Å². The van der Waals surface area contributed by atoms with E-state index in [1.807, 2.05) is 19.1 Å². The largest absolute Gasteiger partial charge is 0.497 e. The van der Waals surface area contributed by atoms with Gasteiger partial charge in [0, 0.05) is 12.1 Å². The highest BCUT2D eigenvalue weighted by atomic mass is 32.2. The number of hydrogen-bond donors (Lipinski definition) is 0. The van der Waals surface area contributed by atoms with Gasteiger partial charge in [0.2, 0.25) is 10.0 Å². The van der Waals surface area contributed by atoms with E-state index in [0.29, 0.717) is 35.3 Å². The topological polar surface area (TPSA) is 90.0 Å². The Hall–Kier alpha value is -2.71. The van der Waals surface area contributed by atoms with Crippen LogP contribution in [0.5, 0.6) is 5.75 Å². The fraction of sp³-hybridized carbons (Fsp3) is 0.391. The first-order valence-corrected chi connectivity index (χ1v) is 11.5. The number of ether oxygens (including phenoxy) is 2. The number of carbonyl (C=O) groups is 2. The quantitative estimate of drug-likeness (QED) is 0.480. The predicted octanol–water partition coefficient (Wildman–Crippen LogP) is 3.20. The van der Waals surface area contributed by atoms with Crippen molar-refractivity contribution in [1.82, 2.24) is 4.31 Å². The van der Waals surface area contributed by atoms with Crippen LogP contribution in [0, 0.1) is 20.8 Å². The molecular weight excluding hydrogens is 418 g/mol. The molecule has 1 unspecified atom stereocenters. The van der Waals surface area contributed by atoms with Crippen LogP contribution in [-0.4, -0.2) is 50.8 Å². The number of ketones is 1. The molecule has 1 aliphatic heterocycles. The number of rotatable bonds is 7. The van der Waals surface area contributed by atoms with E-state index in [-0.39, 0.29) is 17.2 Å². The van der Waals surface area contributed by atoms with Crippen molar-refractivity contribution in [1.29, 1.82) is 0 Å². The van der Waals surface area contributed by atoms with Crippen LogP contribution in [0.2, 0.25) is 0 Å². The molecule has 0 bridgehead atoms. The third kappa shape index (κ3) is 4.80. The molecule has 3 rings (SSSR count). The van der Waals surface area contributed by atoms with Gasteiger partial charge in [0.1, 0.15) is 11.8 Å². The molecule has 31 heavy (non-hydrogen) atoms. The Morgan fingerprint density at radius 2 is 1.68 bits per heavy atom. The van der Waals surface area contributed by atoms with Gasteiger partial charge in [-0.3, -0.25) is 9.59 Å². The highest BCUT2D eigenvalue weighted by Gasteiger charge is 2.41.